The Labute approximate surface area is 214 Å². The van der Waals surface area contributed by atoms with Gasteiger partial charge in [-0.2, -0.15) is 0 Å². The van der Waals surface area contributed by atoms with E-state index in [1.54, 1.807) is 12.0 Å². The number of carbonyl (C=O) groups excluding carboxylic acids is 1. The van der Waals surface area contributed by atoms with E-state index in [-0.39, 0.29) is 5.91 Å². The molecule has 35 heavy (non-hydrogen) atoms. The number of aromatic nitrogens is 1. The second-order valence-electron chi connectivity index (χ2n) is 8.05. The van der Waals surface area contributed by atoms with Crippen molar-refractivity contribution in [3.63, 3.8) is 0 Å². The molecule has 2 heterocycles. The maximum absolute atomic E-state index is 13.3. The maximum atomic E-state index is 13.3. The molecule has 5 nitrogen and oxygen atoms in total. The summed E-state index contributed by atoms with van der Waals surface area (Å²) in [7, 11) is 1.64. The third kappa shape index (κ3) is 4.57. The molecule has 1 aliphatic heterocycles. The van der Waals surface area contributed by atoms with Crippen LogP contribution in [0.1, 0.15) is 11.3 Å². The molecule has 4 aromatic rings. The number of hydrogen-bond donors (Lipinski definition) is 0. The Morgan fingerprint density at radius 2 is 1.71 bits per heavy atom. The van der Waals surface area contributed by atoms with Gasteiger partial charge in [0.1, 0.15) is 18.1 Å². The molecule has 0 spiro atoms. The van der Waals surface area contributed by atoms with E-state index in [1.807, 2.05) is 72.8 Å². The molecular weight excluding hydrogens is 476 g/mol. The third-order valence-electron chi connectivity index (χ3n) is 5.99. The first-order valence-corrected chi connectivity index (χ1v) is 12.5. The number of thioether (sulfide) groups is 1. The summed E-state index contributed by atoms with van der Waals surface area (Å²) in [4.78, 5) is 15.5. The summed E-state index contributed by atoms with van der Waals surface area (Å²) in [6, 6.07) is 25.4. The minimum atomic E-state index is -0.0937. The van der Waals surface area contributed by atoms with Gasteiger partial charge in [-0.05, 0) is 43.3 Å². The topological polar surface area (TPSA) is 43.7 Å². The Morgan fingerprint density at radius 1 is 0.971 bits per heavy atom. The van der Waals surface area contributed by atoms with Crippen molar-refractivity contribution in [3.05, 3.63) is 95.0 Å². The van der Waals surface area contributed by atoms with Crippen LogP contribution in [0, 0.1) is 6.92 Å². The fraction of sp³-hybridized carbons (Fsp3) is 0.143. The van der Waals surface area contributed by atoms with Crippen LogP contribution < -0.4 is 14.4 Å². The Bertz CT molecular complexity index is 1440. The first-order valence-electron chi connectivity index (χ1n) is 11.2. The summed E-state index contributed by atoms with van der Waals surface area (Å²) in [5.74, 6) is 1.44. The van der Waals surface area contributed by atoms with Crippen LogP contribution in [0.5, 0.6) is 11.5 Å². The lowest BCUT2D eigenvalue weighted by Crippen LogP contribution is -2.27. The average Bonchev–Trinajstić information content (AvgIpc) is 3.32. The molecule has 0 saturated carbocycles. The molecule has 1 aromatic heterocycles. The van der Waals surface area contributed by atoms with Crippen molar-refractivity contribution in [1.29, 1.82) is 0 Å². The molecule has 0 atom stereocenters. The number of amides is 1. The summed E-state index contributed by atoms with van der Waals surface area (Å²) in [6.07, 6.45) is 1.97. The molecule has 1 amide bonds. The molecule has 0 aliphatic carbocycles. The van der Waals surface area contributed by atoms with Crippen molar-refractivity contribution < 1.29 is 14.3 Å². The van der Waals surface area contributed by atoms with Gasteiger partial charge in [-0.1, -0.05) is 66.4 Å². The SMILES string of the molecule is COc1cccc(OCCn2c(C)c(/C=C3\SC(=S)N(c4ccccc4)C3=O)c3ccccc32)c1. The summed E-state index contributed by atoms with van der Waals surface area (Å²) in [5, 5.41) is 1.09. The number of hydrogen-bond acceptors (Lipinski definition) is 5. The lowest BCUT2D eigenvalue weighted by Gasteiger charge is -2.13. The number of fused-ring (bicyclic) bond motifs is 1. The molecule has 0 radical (unpaired) electrons. The largest absolute Gasteiger partial charge is 0.497 e. The fourth-order valence-electron chi connectivity index (χ4n) is 4.27. The lowest BCUT2D eigenvalue weighted by molar-refractivity contribution is -0.113. The maximum Gasteiger partial charge on any atom is 0.270 e. The van der Waals surface area contributed by atoms with Gasteiger partial charge in [0.05, 0.1) is 24.2 Å². The molecule has 1 aliphatic rings. The molecular formula is C28H24N2O3S2. The zero-order valence-corrected chi connectivity index (χ0v) is 21.1. The number of nitrogens with zero attached hydrogens (tertiary/aromatic N) is 2. The zero-order valence-electron chi connectivity index (χ0n) is 19.4. The van der Waals surface area contributed by atoms with Crippen LogP contribution in [0.4, 0.5) is 5.69 Å². The average molecular weight is 501 g/mol. The van der Waals surface area contributed by atoms with Gasteiger partial charge in [-0.3, -0.25) is 9.69 Å². The van der Waals surface area contributed by atoms with E-state index in [9.17, 15) is 4.79 Å². The molecule has 176 valence electrons. The number of carbonyl (C=O) groups is 1. The van der Waals surface area contributed by atoms with Gasteiger partial charge in [0.15, 0.2) is 4.32 Å². The van der Waals surface area contributed by atoms with Crippen molar-refractivity contribution >= 4 is 56.9 Å². The smallest absolute Gasteiger partial charge is 0.270 e. The zero-order chi connectivity index (χ0) is 24.4. The van der Waals surface area contributed by atoms with E-state index >= 15 is 0 Å². The van der Waals surface area contributed by atoms with Crippen LogP contribution in [0.15, 0.2) is 83.8 Å². The number of methoxy groups -OCH3 is 1. The van der Waals surface area contributed by atoms with Crippen molar-refractivity contribution in [2.24, 2.45) is 0 Å². The van der Waals surface area contributed by atoms with Crippen LogP contribution in [-0.2, 0) is 11.3 Å². The van der Waals surface area contributed by atoms with E-state index in [1.165, 1.54) is 11.8 Å². The van der Waals surface area contributed by atoms with Crippen LogP contribution in [0.3, 0.4) is 0 Å². The fourth-order valence-corrected chi connectivity index (χ4v) is 5.55. The molecule has 0 N–H and O–H groups in total. The summed E-state index contributed by atoms with van der Waals surface area (Å²) in [5.41, 5.74) is 3.98. The number of ether oxygens (including phenoxy) is 2. The molecule has 3 aromatic carbocycles. The minimum Gasteiger partial charge on any atom is -0.497 e. The molecule has 1 saturated heterocycles. The van der Waals surface area contributed by atoms with Crippen molar-refractivity contribution in [3.8, 4) is 11.5 Å². The van der Waals surface area contributed by atoms with Gasteiger partial charge in [-0.25, -0.2) is 0 Å². The van der Waals surface area contributed by atoms with Crippen molar-refractivity contribution in [2.75, 3.05) is 18.6 Å². The van der Waals surface area contributed by atoms with E-state index in [0.29, 0.717) is 22.4 Å². The van der Waals surface area contributed by atoms with Crippen molar-refractivity contribution in [2.45, 2.75) is 13.5 Å². The van der Waals surface area contributed by atoms with E-state index in [0.717, 1.165) is 39.3 Å². The standard InChI is InChI=1S/C28H24N2O3S2/c1-19-24(18-26-27(31)30(28(34)35-26)20-9-4-3-5-10-20)23-13-6-7-14-25(23)29(19)15-16-33-22-12-8-11-21(17-22)32-2/h3-14,17-18H,15-16H2,1-2H3/b26-18-. The normalized spacial score (nSPS) is 14.8. The van der Waals surface area contributed by atoms with E-state index in [2.05, 4.69) is 23.6 Å². The predicted octanol–water partition coefficient (Wildman–Crippen LogP) is 6.44. The Morgan fingerprint density at radius 3 is 2.51 bits per heavy atom. The highest BCUT2D eigenvalue weighted by atomic mass is 32.2. The number of anilines is 1. The second kappa shape index (κ2) is 9.98. The van der Waals surface area contributed by atoms with Gasteiger partial charge in [-0.15, -0.1) is 0 Å². The third-order valence-corrected chi connectivity index (χ3v) is 7.29. The predicted molar refractivity (Wildman–Crippen MR) is 147 cm³/mol. The highest BCUT2D eigenvalue weighted by Crippen LogP contribution is 2.38. The highest BCUT2D eigenvalue weighted by molar-refractivity contribution is 8.27. The summed E-state index contributed by atoms with van der Waals surface area (Å²) >= 11 is 6.88. The Kier molecular flexibility index (Phi) is 6.61. The van der Waals surface area contributed by atoms with Gasteiger partial charge >= 0.3 is 0 Å². The van der Waals surface area contributed by atoms with Crippen LogP contribution in [0.25, 0.3) is 17.0 Å². The summed E-state index contributed by atoms with van der Waals surface area (Å²) < 4.78 is 14.1. The number of thiocarbonyl (C=S) groups is 1. The molecule has 5 rings (SSSR count). The van der Waals surface area contributed by atoms with Crippen LogP contribution in [-0.4, -0.2) is 28.5 Å². The van der Waals surface area contributed by atoms with E-state index < -0.39 is 0 Å². The van der Waals surface area contributed by atoms with E-state index in [4.69, 9.17) is 21.7 Å². The van der Waals surface area contributed by atoms with Crippen LogP contribution >= 0.6 is 24.0 Å². The molecule has 1 fully saturated rings. The monoisotopic (exact) mass is 500 g/mol. The van der Waals surface area contributed by atoms with Gasteiger partial charge in [0, 0.05) is 28.2 Å². The van der Waals surface area contributed by atoms with Gasteiger partial charge in [0.25, 0.3) is 5.91 Å². The Hall–Kier alpha value is -3.55. The van der Waals surface area contributed by atoms with Gasteiger partial charge in [0.2, 0.25) is 0 Å². The van der Waals surface area contributed by atoms with Crippen LogP contribution in [0.2, 0.25) is 0 Å². The number of para-hydroxylation sites is 2. The molecule has 0 unspecified atom stereocenters. The lowest BCUT2D eigenvalue weighted by atomic mass is 10.1. The minimum absolute atomic E-state index is 0.0937. The number of benzene rings is 3. The molecule has 7 heteroatoms. The van der Waals surface area contributed by atoms with Crippen molar-refractivity contribution in [1.82, 2.24) is 4.57 Å². The number of rotatable bonds is 7. The first kappa shape index (κ1) is 23.2. The second-order valence-corrected chi connectivity index (χ2v) is 9.72. The highest BCUT2D eigenvalue weighted by Gasteiger charge is 2.33. The quantitative estimate of drug-likeness (QED) is 0.216. The first-order chi connectivity index (χ1) is 17.1. The Balaban J connectivity index is 1.43. The summed E-state index contributed by atoms with van der Waals surface area (Å²) in [6.45, 7) is 3.25. The molecule has 0 bridgehead atoms. The van der Waals surface area contributed by atoms with Gasteiger partial charge < -0.3 is 14.0 Å².